The fourth-order valence-electron chi connectivity index (χ4n) is 5.25. The van der Waals surface area contributed by atoms with Gasteiger partial charge in [-0.3, -0.25) is 0 Å². The molecule has 4 rings (SSSR count). The van der Waals surface area contributed by atoms with E-state index in [9.17, 15) is 0 Å². The number of hydrogen-bond donors (Lipinski definition) is 0. The summed E-state index contributed by atoms with van der Waals surface area (Å²) in [6.07, 6.45) is 2.44. The number of benzene rings is 2. The first kappa shape index (κ1) is 21.5. The number of rotatable bonds is 3. The van der Waals surface area contributed by atoms with Crippen LogP contribution in [0.4, 0.5) is 22.7 Å². The Labute approximate surface area is 188 Å². The van der Waals surface area contributed by atoms with Crippen LogP contribution >= 0.6 is 0 Å². The molecule has 2 aromatic carbocycles. The summed E-state index contributed by atoms with van der Waals surface area (Å²) < 4.78 is 2.37. The van der Waals surface area contributed by atoms with Crippen molar-refractivity contribution >= 4 is 28.5 Å². The smallest absolute Gasteiger partial charge is 0.209 e. The zero-order valence-corrected chi connectivity index (χ0v) is 20.8. The minimum Gasteiger partial charge on any atom is -0.378 e. The molecule has 0 bridgehead atoms. The maximum Gasteiger partial charge on any atom is 0.209 e. The normalized spacial score (nSPS) is 19.7. The van der Waals surface area contributed by atoms with E-state index in [1.54, 1.807) is 0 Å². The molecule has 0 atom stereocenters. The summed E-state index contributed by atoms with van der Waals surface area (Å²) in [5.74, 6) is 0. The van der Waals surface area contributed by atoms with Gasteiger partial charge in [-0.15, -0.1) is 0 Å². The number of nitrogens with zero attached hydrogens (tertiary/aromatic N) is 4. The fourth-order valence-corrected chi connectivity index (χ4v) is 5.25. The summed E-state index contributed by atoms with van der Waals surface area (Å²) in [4.78, 5) is 6.74. The van der Waals surface area contributed by atoms with E-state index in [0.29, 0.717) is 0 Å². The minimum atomic E-state index is -0.0659. The van der Waals surface area contributed by atoms with Crippen molar-refractivity contribution in [1.29, 1.82) is 0 Å². The van der Waals surface area contributed by atoms with Gasteiger partial charge in [0.25, 0.3) is 0 Å². The Balaban J connectivity index is 1.84. The Bertz CT molecular complexity index is 1120. The summed E-state index contributed by atoms with van der Waals surface area (Å²) in [5.41, 5.74) is 10.4. The average molecular weight is 418 g/mol. The Morgan fingerprint density at radius 1 is 0.806 bits per heavy atom. The van der Waals surface area contributed by atoms with Crippen molar-refractivity contribution in [2.24, 2.45) is 0 Å². The number of fused-ring (bicyclic) bond motifs is 2. The molecule has 2 aromatic rings. The number of hydrogen-bond acceptors (Lipinski definition) is 3. The predicted molar refractivity (Wildman–Crippen MR) is 135 cm³/mol. The van der Waals surface area contributed by atoms with E-state index in [2.05, 4.69) is 132 Å². The fraction of sp³-hybridized carbons (Fsp3) is 0.444. The van der Waals surface area contributed by atoms with Crippen molar-refractivity contribution in [3.63, 3.8) is 0 Å². The van der Waals surface area contributed by atoms with Crippen LogP contribution in [0.25, 0.3) is 0 Å². The van der Waals surface area contributed by atoms with Gasteiger partial charge in [0.15, 0.2) is 5.71 Å². The van der Waals surface area contributed by atoms with Crippen molar-refractivity contribution in [3.05, 3.63) is 59.3 Å². The number of allylic oxidation sites excluding steroid dienone is 2. The van der Waals surface area contributed by atoms with Crippen molar-refractivity contribution in [3.8, 4) is 0 Å². The SMILES string of the molecule is CN(C)c1ccc2c(c1)C(C)(C)C(=CC1=[N+](C)c3ccc(N(C)C)cc3C1(C)C)N2C. The van der Waals surface area contributed by atoms with Gasteiger partial charge in [0.1, 0.15) is 7.05 Å². The molecule has 0 fully saturated rings. The minimum absolute atomic E-state index is 0.0659. The highest BCUT2D eigenvalue weighted by atomic mass is 15.2. The Morgan fingerprint density at radius 3 is 1.94 bits per heavy atom. The highest BCUT2D eigenvalue weighted by Crippen LogP contribution is 2.49. The van der Waals surface area contributed by atoms with Crippen LogP contribution in [-0.2, 0) is 10.8 Å². The first-order valence-electron chi connectivity index (χ1n) is 11.1. The lowest BCUT2D eigenvalue weighted by atomic mass is 9.78. The van der Waals surface area contributed by atoms with Crippen LogP contribution < -0.4 is 14.7 Å². The topological polar surface area (TPSA) is 12.7 Å². The lowest BCUT2D eigenvalue weighted by Gasteiger charge is -2.25. The lowest BCUT2D eigenvalue weighted by molar-refractivity contribution is -0.401. The molecule has 0 unspecified atom stereocenters. The van der Waals surface area contributed by atoms with E-state index in [1.165, 1.54) is 45.3 Å². The summed E-state index contributed by atoms with van der Waals surface area (Å²) in [6.45, 7) is 9.39. The molecular weight excluding hydrogens is 380 g/mol. The first-order chi connectivity index (χ1) is 14.4. The molecule has 0 N–H and O–H groups in total. The van der Waals surface area contributed by atoms with Gasteiger partial charge in [-0.2, -0.15) is 4.58 Å². The van der Waals surface area contributed by atoms with Gasteiger partial charge in [-0.25, -0.2) is 0 Å². The lowest BCUT2D eigenvalue weighted by Crippen LogP contribution is -2.31. The zero-order valence-electron chi connectivity index (χ0n) is 20.8. The van der Waals surface area contributed by atoms with Crippen LogP contribution in [0.2, 0.25) is 0 Å². The summed E-state index contributed by atoms with van der Waals surface area (Å²) in [7, 11) is 12.8. The summed E-state index contributed by atoms with van der Waals surface area (Å²) in [5, 5.41) is 0. The number of anilines is 3. The second-order valence-corrected chi connectivity index (χ2v) is 10.5. The second-order valence-electron chi connectivity index (χ2n) is 10.5. The van der Waals surface area contributed by atoms with E-state index in [-0.39, 0.29) is 10.8 Å². The van der Waals surface area contributed by atoms with E-state index < -0.39 is 0 Å². The van der Waals surface area contributed by atoms with Gasteiger partial charge >= 0.3 is 0 Å². The molecule has 31 heavy (non-hydrogen) atoms. The third-order valence-electron chi connectivity index (χ3n) is 7.34. The molecule has 2 aliphatic rings. The highest BCUT2D eigenvalue weighted by molar-refractivity contribution is 6.04. The largest absolute Gasteiger partial charge is 0.378 e. The van der Waals surface area contributed by atoms with Crippen molar-refractivity contribution in [2.45, 2.75) is 38.5 Å². The van der Waals surface area contributed by atoms with Gasteiger partial charge in [0.05, 0.1) is 5.41 Å². The van der Waals surface area contributed by atoms with Gasteiger partial charge in [0.2, 0.25) is 5.69 Å². The van der Waals surface area contributed by atoms with E-state index in [4.69, 9.17) is 0 Å². The van der Waals surface area contributed by atoms with Crippen LogP contribution in [-0.4, -0.2) is 52.6 Å². The summed E-state index contributed by atoms with van der Waals surface area (Å²) >= 11 is 0. The van der Waals surface area contributed by atoms with Gasteiger partial charge in [-0.05, 0) is 49.7 Å². The Kier molecular flexibility index (Phi) is 4.77. The van der Waals surface area contributed by atoms with Crippen LogP contribution in [0.15, 0.2) is 48.2 Å². The van der Waals surface area contributed by atoms with Crippen LogP contribution in [0.3, 0.4) is 0 Å². The van der Waals surface area contributed by atoms with Crippen LogP contribution in [0.1, 0.15) is 38.8 Å². The maximum absolute atomic E-state index is 2.44. The average Bonchev–Trinajstić information content (AvgIpc) is 3.01. The molecule has 2 aliphatic heterocycles. The van der Waals surface area contributed by atoms with Gasteiger partial charge in [0, 0.05) is 81.1 Å². The van der Waals surface area contributed by atoms with Crippen molar-refractivity contribution in [1.82, 2.24) is 0 Å². The molecule has 0 spiro atoms. The molecule has 0 saturated heterocycles. The molecule has 0 amide bonds. The molecule has 0 aliphatic carbocycles. The van der Waals surface area contributed by atoms with Crippen LogP contribution in [0, 0.1) is 0 Å². The third kappa shape index (κ3) is 3.07. The predicted octanol–water partition coefficient (Wildman–Crippen LogP) is 5.14. The molecule has 164 valence electrons. The van der Waals surface area contributed by atoms with Gasteiger partial charge < -0.3 is 14.7 Å². The second kappa shape index (κ2) is 6.88. The Hall–Kier alpha value is -2.75. The highest BCUT2D eigenvalue weighted by Gasteiger charge is 2.46. The number of likely N-dealkylation sites (N-methyl/N-ethyl adjacent to an activating group) is 1. The third-order valence-corrected chi connectivity index (χ3v) is 7.34. The van der Waals surface area contributed by atoms with Crippen molar-refractivity contribution < 1.29 is 4.58 Å². The molecule has 2 heterocycles. The van der Waals surface area contributed by atoms with E-state index in [1.807, 2.05) is 0 Å². The zero-order chi connectivity index (χ0) is 22.9. The molecule has 0 saturated carbocycles. The van der Waals surface area contributed by atoms with E-state index in [0.717, 1.165) is 0 Å². The quantitative estimate of drug-likeness (QED) is 0.642. The molecule has 0 aromatic heterocycles. The molecule has 0 radical (unpaired) electrons. The molecular formula is C27H37N4+. The Morgan fingerprint density at radius 2 is 1.35 bits per heavy atom. The first-order valence-corrected chi connectivity index (χ1v) is 11.1. The maximum atomic E-state index is 2.44. The molecule has 4 heteroatoms. The van der Waals surface area contributed by atoms with Gasteiger partial charge in [-0.1, -0.05) is 13.8 Å². The molecule has 4 nitrogen and oxygen atoms in total. The van der Waals surface area contributed by atoms with Crippen LogP contribution in [0.5, 0.6) is 0 Å². The van der Waals surface area contributed by atoms with Crippen molar-refractivity contribution in [2.75, 3.05) is 57.0 Å². The van der Waals surface area contributed by atoms with E-state index >= 15 is 0 Å². The monoisotopic (exact) mass is 417 g/mol. The standard InChI is InChI=1S/C27H37N4/c1-26(2)20-15-18(28(5)6)11-13-22(20)30(9)24(26)17-25-27(3,4)21-16-19(29(7)8)12-14-23(21)31(25)10/h11-17H,1-10H3/q+1. The summed E-state index contributed by atoms with van der Waals surface area (Å²) in [6, 6.07) is 13.6.